The van der Waals surface area contributed by atoms with Crippen molar-refractivity contribution in [3.05, 3.63) is 0 Å². The quantitative estimate of drug-likeness (QED) is 0.571. The maximum Gasteiger partial charge on any atom is 0.324 e. The number of thioether (sulfide) groups is 1. The number of rotatable bonds is 6. The zero-order valence-electron chi connectivity index (χ0n) is 10.2. The van der Waals surface area contributed by atoms with Gasteiger partial charge in [0.2, 0.25) is 0 Å². The van der Waals surface area contributed by atoms with E-state index in [1.807, 2.05) is 0 Å². The Morgan fingerprint density at radius 3 is 2.69 bits per heavy atom. The first-order valence-corrected chi connectivity index (χ1v) is 6.91. The van der Waals surface area contributed by atoms with E-state index in [9.17, 15) is 9.59 Å². The van der Waals surface area contributed by atoms with Crippen molar-refractivity contribution in [2.75, 3.05) is 18.1 Å². The molecule has 0 aromatic heterocycles. The van der Waals surface area contributed by atoms with E-state index in [4.69, 9.17) is 0 Å². The van der Waals surface area contributed by atoms with Gasteiger partial charge < -0.3 is 5.32 Å². The average molecular weight is 244 g/mol. The zero-order valence-corrected chi connectivity index (χ0v) is 11.0. The molecule has 0 radical (unpaired) electrons. The van der Waals surface area contributed by atoms with Crippen LogP contribution in [0.25, 0.3) is 0 Å². The topological polar surface area (TPSA) is 49.4 Å². The Bertz CT molecular complexity index is 269. The molecule has 92 valence electrons. The number of carbonyl (C=O) groups excluding carboxylic acids is 2. The van der Waals surface area contributed by atoms with Gasteiger partial charge >= 0.3 is 6.03 Å². The first-order valence-electron chi connectivity index (χ1n) is 5.75. The fourth-order valence-electron chi connectivity index (χ4n) is 1.72. The minimum Gasteiger partial charge on any atom is -0.326 e. The maximum absolute atomic E-state index is 11.9. The number of nitrogens with zero attached hydrogens (tertiary/aromatic N) is 1. The predicted octanol–water partition coefficient (Wildman–Crippen LogP) is 1.71. The second kappa shape index (κ2) is 6.13. The molecule has 0 spiro atoms. The Kier molecular flexibility index (Phi) is 5.12. The summed E-state index contributed by atoms with van der Waals surface area (Å²) in [4.78, 5) is 24.8. The lowest BCUT2D eigenvalue weighted by atomic mass is 10.0. The van der Waals surface area contributed by atoms with Crippen LogP contribution in [0.5, 0.6) is 0 Å². The van der Waals surface area contributed by atoms with E-state index < -0.39 is 0 Å². The van der Waals surface area contributed by atoms with Crippen LogP contribution in [0.2, 0.25) is 0 Å². The molecule has 0 aromatic rings. The van der Waals surface area contributed by atoms with Crippen LogP contribution >= 0.6 is 11.8 Å². The lowest BCUT2D eigenvalue weighted by molar-refractivity contribution is -0.127. The van der Waals surface area contributed by atoms with E-state index in [1.54, 1.807) is 11.8 Å². The summed E-state index contributed by atoms with van der Waals surface area (Å²) >= 11 is 1.74. The predicted molar refractivity (Wildman–Crippen MR) is 66.5 cm³/mol. The van der Waals surface area contributed by atoms with Gasteiger partial charge in [-0.3, -0.25) is 9.69 Å². The van der Waals surface area contributed by atoms with E-state index in [-0.39, 0.29) is 18.0 Å². The highest BCUT2D eigenvalue weighted by molar-refractivity contribution is 7.99. The average Bonchev–Trinajstić information content (AvgIpc) is 2.45. The number of imide groups is 1. The van der Waals surface area contributed by atoms with Crippen LogP contribution in [-0.2, 0) is 4.79 Å². The third-order valence-electron chi connectivity index (χ3n) is 2.48. The second-order valence-electron chi connectivity index (χ2n) is 4.32. The van der Waals surface area contributed by atoms with Crippen molar-refractivity contribution in [1.29, 1.82) is 0 Å². The van der Waals surface area contributed by atoms with Crippen LogP contribution in [0.3, 0.4) is 0 Å². The summed E-state index contributed by atoms with van der Waals surface area (Å²) in [7, 11) is 0. The molecule has 3 amide bonds. The van der Waals surface area contributed by atoms with Crippen LogP contribution in [-0.4, -0.2) is 40.9 Å². The maximum atomic E-state index is 11.9. The molecule has 1 aliphatic rings. The van der Waals surface area contributed by atoms with Gasteiger partial charge in [-0.2, -0.15) is 11.8 Å². The summed E-state index contributed by atoms with van der Waals surface area (Å²) in [6.45, 7) is 6.69. The highest BCUT2D eigenvalue weighted by atomic mass is 32.2. The fraction of sp³-hybridized carbons (Fsp3) is 0.818. The molecule has 0 bridgehead atoms. The molecule has 0 unspecified atom stereocenters. The fourth-order valence-corrected chi connectivity index (χ4v) is 2.32. The van der Waals surface area contributed by atoms with E-state index in [1.165, 1.54) is 4.90 Å². The molecular formula is C11H20N2O2S. The molecule has 1 saturated heterocycles. The van der Waals surface area contributed by atoms with Crippen molar-refractivity contribution in [1.82, 2.24) is 10.2 Å². The van der Waals surface area contributed by atoms with Crippen LogP contribution < -0.4 is 5.32 Å². The van der Waals surface area contributed by atoms with Crippen molar-refractivity contribution in [3.63, 3.8) is 0 Å². The third kappa shape index (κ3) is 3.40. The highest BCUT2D eigenvalue weighted by Gasteiger charge is 2.37. The Balaban J connectivity index is 2.47. The number of carbonyl (C=O) groups is 2. The molecule has 4 nitrogen and oxygen atoms in total. The van der Waals surface area contributed by atoms with Gasteiger partial charge in [-0.1, -0.05) is 20.8 Å². The van der Waals surface area contributed by atoms with Gasteiger partial charge in [0.1, 0.15) is 6.04 Å². The van der Waals surface area contributed by atoms with Gasteiger partial charge in [-0.05, 0) is 18.1 Å². The summed E-state index contributed by atoms with van der Waals surface area (Å²) < 4.78 is 0. The first kappa shape index (κ1) is 13.4. The highest BCUT2D eigenvalue weighted by Crippen LogP contribution is 2.14. The summed E-state index contributed by atoms with van der Waals surface area (Å²) in [5.74, 6) is 2.19. The van der Waals surface area contributed by atoms with Gasteiger partial charge in [0.25, 0.3) is 5.91 Å². The number of hydrogen-bond donors (Lipinski definition) is 1. The van der Waals surface area contributed by atoms with Crippen LogP contribution in [0, 0.1) is 5.92 Å². The molecular weight excluding hydrogens is 224 g/mol. The molecule has 0 saturated carbocycles. The van der Waals surface area contributed by atoms with Gasteiger partial charge in [-0.25, -0.2) is 4.79 Å². The standard InChI is InChI=1S/C11H20N2O2S/c1-4-16-6-5-13-10(14)9(7-8(2)3)12-11(13)15/h8-9H,4-7H2,1-3H3,(H,12,15)/t9-/m1/s1. The minimum atomic E-state index is -0.306. The number of amides is 3. The Morgan fingerprint density at radius 1 is 1.44 bits per heavy atom. The molecule has 1 fully saturated rings. The molecule has 1 heterocycles. The van der Waals surface area contributed by atoms with E-state index >= 15 is 0 Å². The zero-order chi connectivity index (χ0) is 12.1. The molecule has 0 aliphatic carbocycles. The monoisotopic (exact) mass is 244 g/mol. The Morgan fingerprint density at radius 2 is 2.12 bits per heavy atom. The molecule has 1 N–H and O–H groups in total. The summed E-state index contributed by atoms with van der Waals surface area (Å²) in [5, 5.41) is 2.74. The van der Waals surface area contributed by atoms with Crippen molar-refractivity contribution >= 4 is 23.7 Å². The van der Waals surface area contributed by atoms with E-state index in [2.05, 4.69) is 26.1 Å². The summed E-state index contributed by atoms with van der Waals surface area (Å²) in [6.07, 6.45) is 0.724. The van der Waals surface area contributed by atoms with Crippen molar-refractivity contribution < 1.29 is 9.59 Å². The van der Waals surface area contributed by atoms with Gasteiger partial charge in [0, 0.05) is 12.3 Å². The SMILES string of the molecule is CCSCCN1C(=O)N[C@H](CC(C)C)C1=O. The molecule has 1 aliphatic heterocycles. The Hall–Kier alpha value is -0.710. The van der Waals surface area contributed by atoms with Crippen LogP contribution in [0.1, 0.15) is 27.2 Å². The van der Waals surface area contributed by atoms with Crippen LogP contribution in [0.4, 0.5) is 4.79 Å². The van der Waals surface area contributed by atoms with Gasteiger partial charge in [0.15, 0.2) is 0 Å². The molecule has 16 heavy (non-hydrogen) atoms. The lowest BCUT2D eigenvalue weighted by Gasteiger charge is -2.13. The minimum absolute atomic E-state index is 0.0598. The van der Waals surface area contributed by atoms with Gasteiger partial charge in [-0.15, -0.1) is 0 Å². The molecule has 1 rings (SSSR count). The van der Waals surface area contributed by atoms with Gasteiger partial charge in [0.05, 0.1) is 0 Å². The number of urea groups is 1. The van der Waals surface area contributed by atoms with Crippen molar-refractivity contribution in [2.45, 2.75) is 33.2 Å². The second-order valence-corrected chi connectivity index (χ2v) is 5.71. The summed E-state index contributed by atoms with van der Waals surface area (Å²) in [5.41, 5.74) is 0. The van der Waals surface area contributed by atoms with E-state index in [0.29, 0.717) is 12.5 Å². The van der Waals surface area contributed by atoms with Crippen molar-refractivity contribution in [2.24, 2.45) is 5.92 Å². The molecule has 0 aromatic carbocycles. The first-order chi connectivity index (χ1) is 7.56. The Labute approximate surface area is 101 Å². The number of hydrogen-bond acceptors (Lipinski definition) is 3. The van der Waals surface area contributed by atoms with E-state index in [0.717, 1.165) is 17.9 Å². The largest absolute Gasteiger partial charge is 0.326 e. The van der Waals surface area contributed by atoms with Crippen molar-refractivity contribution in [3.8, 4) is 0 Å². The lowest BCUT2D eigenvalue weighted by Crippen LogP contribution is -2.33. The smallest absolute Gasteiger partial charge is 0.324 e. The number of nitrogens with one attached hydrogen (secondary N) is 1. The third-order valence-corrected chi connectivity index (χ3v) is 3.36. The molecule has 1 atom stereocenters. The van der Waals surface area contributed by atoms with Crippen LogP contribution in [0.15, 0.2) is 0 Å². The normalized spacial score (nSPS) is 20.8. The molecule has 5 heteroatoms. The summed E-state index contributed by atoms with van der Waals surface area (Å²) in [6, 6.07) is -0.536.